The summed E-state index contributed by atoms with van der Waals surface area (Å²) >= 11 is 0. The number of carbonyl (C=O) groups is 1. The van der Waals surface area contributed by atoms with E-state index in [4.69, 9.17) is 14.6 Å². The van der Waals surface area contributed by atoms with Gasteiger partial charge in [0.2, 0.25) is 10.0 Å². The van der Waals surface area contributed by atoms with Crippen LogP contribution in [0, 0.1) is 0 Å². The molecule has 11 nitrogen and oxygen atoms in total. The number of sulfonamides is 1. The van der Waals surface area contributed by atoms with E-state index in [0.717, 1.165) is 16.4 Å². The number of benzene rings is 2. The minimum absolute atomic E-state index is 0.0778. The molecule has 0 spiro atoms. The molecule has 1 atom stereocenters. The normalized spacial score (nSPS) is 16.1. The predicted molar refractivity (Wildman–Crippen MR) is 123 cm³/mol. The van der Waals surface area contributed by atoms with E-state index in [9.17, 15) is 34.8 Å². The third-order valence-corrected chi connectivity index (χ3v) is 8.81. The van der Waals surface area contributed by atoms with Crippen molar-refractivity contribution in [2.45, 2.75) is 17.3 Å². The van der Waals surface area contributed by atoms with Crippen LogP contribution in [-0.2, 0) is 24.6 Å². The fraction of sp³-hybridized carbons (Fsp3) is 0.381. The summed E-state index contributed by atoms with van der Waals surface area (Å²) in [7, 11) is -8.10. The van der Waals surface area contributed by atoms with E-state index in [1.807, 2.05) is 5.32 Å². The van der Waals surface area contributed by atoms with E-state index < -0.39 is 55.6 Å². The van der Waals surface area contributed by atoms with Gasteiger partial charge in [0.25, 0.3) is 0 Å². The van der Waals surface area contributed by atoms with Crippen LogP contribution in [0.4, 0.5) is 18.0 Å². The molecule has 0 radical (unpaired) electrons. The van der Waals surface area contributed by atoms with Gasteiger partial charge in [0.1, 0.15) is 17.2 Å². The molecule has 1 heterocycles. The Labute approximate surface area is 210 Å². The third-order valence-electron chi connectivity index (χ3n) is 5.00. The molecule has 0 aliphatic carbocycles. The minimum Gasteiger partial charge on any atom is -0.465 e. The van der Waals surface area contributed by atoms with Gasteiger partial charge in [0.05, 0.1) is 35.7 Å². The summed E-state index contributed by atoms with van der Waals surface area (Å²) < 4.78 is 103. The first-order valence-electron chi connectivity index (χ1n) is 10.6. The highest BCUT2D eigenvalue weighted by Crippen LogP contribution is 2.28. The molecule has 1 amide bonds. The Hall–Kier alpha value is -3.08. The number of hydrogen-bond donors (Lipinski definition) is 2. The molecular formula is C21H23F3N2O9S2. The van der Waals surface area contributed by atoms with E-state index in [0.29, 0.717) is 0 Å². The summed E-state index contributed by atoms with van der Waals surface area (Å²) in [6.07, 6.45) is -6.41. The lowest BCUT2D eigenvalue weighted by Crippen LogP contribution is -2.49. The molecule has 37 heavy (non-hydrogen) atoms. The zero-order chi connectivity index (χ0) is 27.3. The van der Waals surface area contributed by atoms with Crippen molar-refractivity contribution in [2.75, 3.05) is 37.8 Å². The Morgan fingerprint density at radius 3 is 1.97 bits per heavy atom. The molecule has 2 aromatic carbocycles. The van der Waals surface area contributed by atoms with Gasteiger partial charge in [-0.05, 0) is 48.5 Å². The number of ether oxygens (including phenoxy) is 3. The smallest absolute Gasteiger partial charge is 0.465 e. The Bertz CT molecular complexity index is 1280. The van der Waals surface area contributed by atoms with Gasteiger partial charge in [-0.3, -0.25) is 0 Å². The van der Waals surface area contributed by atoms with Crippen LogP contribution in [0.2, 0.25) is 0 Å². The molecule has 1 aliphatic rings. The second-order valence-electron chi connectivity index (χ2n) is 7.81. The minimum atomic E-state index is -4.84. The monoisotopic (exact) mass is 568 g/mol. The summed E-state index contributed by atoms with van der Waals surface area (Å²) in [5.74, 6) is -1.69. The summed E-state index contributed by atoms with van der Waals surface area (Å²) in [5.41, 5.74) is 0. The van der Waals surface area contributed by atoms with Crippen molar-refractivity contribution in [3.05, 3.63) is 48.5 Å². The van der Waals surface area contributed by atoms with Crippen LogP contribution < -0.4 is 14.8 Å². The molecule has 1 unspecified atom stereocenters. The van der Waals surface area contributed by atoms with Gasteiger partial charge in [0, 0.05) is 13.1 Å². The summed E-state index contributed by atoms with van der Waals surface area (Å²) in [4.78, 5) is 11.0. The van der Waals surface area contributed by atoms with Crippen molar-refractivity contribution in [3.63, 3.8) is 0 Å². The number of halogens is 3. The van der Waals surface area contributed by atoms with Gasteiger partial charge in [-0.25, -0.2) is 21.6 Å². The quantitative estimate of drug-likeness (QED) is 0.441. The first kappa shape index (κ1) is 28.5. The second kappa shape index (κ2) is 11.5. The number of morpholine rings is 1. The zero-order valence-electron chi connectivity index (χ0n) is 19.0. The first-order chi connectivity index (χ1) is 17.2. The third kappa shape index (κ3) is 8.77. The molecule has 1 fully saturated rings. The molecule has 1 saturated heterocycles. The van der Waals surface area contributed by atoms with Crippen molar-refractivity contribution in [3.8, 4) is 17.2 Å². The number of alkyl halides is 3. The lowest BCUT2D eigenvalue weighted by molar-refractivity contribution is -0.274. The maximum atomic E-state index is 12.9. The Kier molecular flexibility index (Phi) is 8.88. The largest absolute Gasteiger partial charge is 0.573 e. The van der Waals surface area contributed by atoms with Gasteiger partial charge in [-0.1, -0.05) is 0 Å². The summed E-state index contributed by atoms with van der Waals surface area (Å²) in [6.45, 7) is 0.506. The maximum Gasteiger partial charge on any atom is 0.573 e. The van der Waals surface area contributed by atoms with Crippen LogP contribution in [0.25, 0.3) is 0 Å². The van der Waals surface area contributed by atoms with E-state index in [2.05, 4.69) is 4.74 Å². The lowest BCUT2D eigenvalue weighted by Gasteiger charge is -2.28. The summed E-state index contributed by atoms with van der Waals surface area (Å²) in [6, 6.07) is 8.04. The topological polar surface area (TPSA) is 149 Å². The van der Waals surface area contributed by atoms with Crippen LogP contribution in [0.5, 0.6) is 17.2 Å². The zero-order valence-corrected chi connectivity index (χ0v) is 20.7. The van der Waals surface area contributed by atoms with E-state index in [1.54, 1.807) is 0 Å². The molecule has 2 aromatic rings. The van der Waals surface area contributed by atoms with Gasteiger partial charge < -0.3 is 24.6 Å². The SMILES string of the molecule is O=C(O)NC(CS(=O)(=O)c1ccc(Oc2ccc(OC(F)(F)F)cc2)cc1)CS(=O)(=O)N1CCOCC1. The van der Waals surface area contributed by atoms with Crippen molar-refractivity contribution >= 4 is 26.0 Å². The highest BCUT2D eigenvalue weighted by molar-refractivity contribution is 7.91. The van der Waals surface area contributed by atoms with E-state index in [1.165, 1.54) is 36.4 Å². The molecule has 0 saturated carbocycles. The average molecular weight is 569 g/mol. The fourth-order valence-electron chi connectivity index (χ4n) is 3.41. The molecule has 0 bridgehead atoms. The number of carboxylic acid groups (broad SMARTS) is 1. The Morgan fingerprint density at radius 1 is 0.946 bits per heavy atom. The molecule has 0 aromatic heterocycles. The standard InChI is InChI=1S/C21H23F3N2O9S2/c22-21(23,24)35-18-3-1-16(2-4-18)34-17-5-7-19(8-6-17)36(29,30)13-15(25-20(27)28)14-37(31,32)26-9-11-33-12-10-26/h1-8,15,25H,9-14H2,(H,27,28). The van der Waals surface area contributed by atoms with Gasteiger partial charge in [0.15, 0.2) is 9.84 Å². The fourth-order valence-corrected chi connectivity index (χ4v) is 6.66. The lowest BCUT2D eigenvalue weighted by atomic mass is 10.3. The summed E-state index contributed by atoms with van der Waals surface area (Å²) in [5, 5.41) is 11.1. The van der Waals surface area contributed by atoms with Crippen LogP contribution in [-0.4, -0.2) is 82.6 Å². The molecule has 1 aliphatic heterocycles. The number of amides is 1. The van der Waals surface area contributed by atoms with Crippen molar-refractivity contribution < 1.29 is 54.1 Å². The average Bonchev–Trinajstić information content (AvgIpc) is 2.79. The highest BCUT2D eigenvalue weighted by Gasteiger charge is 2.32. The number of nitrogens with one attached hydrogen (secondary N) is 1. The Balaban J connectivity index is 1.68. The predicted octanol–water partition coefficient (Wildman–Crippen LogP) is 2.45. The van der Waals surface area contributed by atoms with E-state index in [-0.39, 0.29) is 42.7 Å². The van der Waals surface area contributed by atoms with Crippen molar-refractivity contribution in [2.24, 2.45) is 0 Å². The second-order valence-corrected chi connectivity index (χ2v) is 11.9. The van der Waals surface area contributed by atoms with Gasteiger partial charge >= 0.3 is 12.5 Å². The number of rotatable bonds is 10. The maximum absolute atomic E-state index is 12.9. The van der Waals surface area contributed by atoms with Crippen LogP contribution in [0.15, 0.2) is 53.4 Å². The van der Waals surface area contributed by atoms with Gasteiger partial charge in [-0.15, -0.1) is 13.2 Å². The first-order valence-corrected chi connectivity index (χ1v) is 13.9. The van der Waals surface area contributed by atoms with Gasteiger partial charge in [-0.2, -0.15) is 4.31 Å². The molecule has 204 valence electrons. The van der Waals surface area contributed by atoms with Crippen molar-refractivity contribution in [1.29, 1.82) is 0 Å². The molecule has 2 N–H and O–H groups in total. The molecule has 16 heteroatoms. The van der Waals surface area contributed by atoms with E-state index >= 15 is 0 Å². The Morgan fingerprint density at radius 2 is 1.46 bits per heavy atom. The molecule has 3 rings (SSSR count). The van der Waals surface area contributed by atoms with Crippen molar-refractivity contribution in [1.82, 2.24) is 9.62 Å². The number of hydrogen-bond acceptors (Lipinski definition) is 8. The van der Waals surface area contributed by atoms with Crippen LogP contribution >= 0.6 is 0 Å². The number of nitrogens with zero attached hydrogens (tertiary/aromatic N) is 1. The number of sulfone groups is 1. The molecular weight excluding hydrogens is 545 g/mol. The van der Waals surface area contributed by atoms with Crippen LogP contribution in [0.3, 0.4) is 0 Å². The van der Waals surface area contributed by atoms with Crippen LogP contribution in [0.1, 0.15) is 0 Å². The highest BCUT2D eigenvalue weighted by atomic mass is 32.2.